The average molecular weight is 268 g/mol. The number of amides is 2. The third kappa shape index (κ3) is 2.69. The summed E-state index contributed by atoms with van der Waals surface area (Å²) in [4.78, 5) is 23.2. The second-order valence-corrected chi connectivity index (χ2v) is 6.05. The zero-order chi connectivity index (χ0) is 14.0. The van der Waals surface area contributed by atoms with Crippen molar-refractivity contribution in [1.29, 1.82) is 0 Å². The predicted octanol–water partition coefficient (Wildman–Crippen LogP) is 2.12. The zero-order valence-corrected chi connectivity index (χ0v) is 11.7. The molecule has 0 aromatic carbocycles. The Labute approximate surface area is 114 Å². The van der Waals surface area contributed by atoms with Gasteiger partial charge in [0.1, 0.15) is 5.54 Å². The number of carboxylic acid groups (broad SMARTS) is 1. The van der Waals surface area contributed by atoms with Gasteiger partial charge in [0.05, 0.1) is 0 Å². The maximum atomic E-state index is 12.0. The number of carboxylic acids is 1. The molecule has 0 aromatic rings. The van der Waals surface area contributed by atoms with Crippen molar-refractivity contribution in [3.63, 3.8) is 0 Å². The summed E-state index contributed by atoms with van der Waals surface area (Å²) in [5.41, 5.74) is -1.02. The summed E-state index contributed by atoms with van der Waals surface area (Å²) in [6.45, 7) is 4.35. The van der Waals surface area contributed by atoms with Crippen molar-refractivity contribution in [3.05, 3.63) is 0 Å². The molecule has 0 radical (unpaired) electrons. The molecule has 0 bridgehead atoms. The molecule has 5 nitrogen and oxygen atoms in total. The van der Waals surface area contributed by atoms with Crippen LogP contribution < -0.4 is 10.6 Å². The van der Waals surface area contributed by atoms with E-state index in [0.717, 1.165) is 25.7 Å². The van der Waals surface area contributed by atoms with Gasteiger partial charge >= 0.3 is 12.0 Å². The van der Waals surface area contributed by atoms with E-state index in [2.05, 4.69) is 24.5 Å². The fraction of sp³-hybridized carbons (Fsp3) is 0.857. The first-order chi connectivity index (χ1) is 8.98. The molecule has 0 aromatic heterocycles. The Balaban J connectivity index is 1.87. The Morgan fingerprint density at radius 2 is 2.00 bits per heavy atom. The van der Waals surface area contributed by atoms with Crippen molar-refractivity contribution in [2.24, 2.45) is 11.8 Å². The number of rotatable bonds is 4. The molecule has 0 spiro atoms. The second kappa shape index (κ2) is 5.39. The first-order valence-corrected chi connectivity index (χ1v) is 7.30. The molecule has 2 rings (SSSR count). The second-order valence-electron chi connectivity index (χ2n) is 6.05. The van der Waals surface area contributed by atoms with Crippen molar-refractivity contribution < 1.29 is 14.7 Å². The lowest BCUT2D eigenvalue weighted by Crippen LogP contribution is -2.62. The number of urea groups is 1. The van der Waals surface area contributed by atoms with Crippen LogP contribution in [0.5, 0.6) is 0 Å². The molecule has 2 amide bonds. The molecule has 3 unspecified atom stereocenters. The van der Waals surface area contributed by atoms with Gasteiger partial charge in [0.15, 0.2) is 0 Å². The highest BCUT2D eigenvalue weighted by molar-refractivity contribution is 5.87. The lowest BCUT2D eigenvalue weighted by molar-refractivity contribution is -0.148. The lowest BCUT2D eigenvalue weighted by atomic mass is 9.77. The molecule has 3 N–H and O–H groups in total. The normalized spacial score (nSPS) is 32.4. The number of carbonyl (C=O) groups is 2. The fourth-order valence-electron chi connectivity index (χ4n) is 3.37. The van der Waals surface area contributed by atoms with Gasteiger partial charge in [-0.05, 0) is 43.9 Å². The summed E-state index contributed by atoms with van der Waals surface area (Å²) in [6.07, 6.45) is 5.21. The summed E-state index contributed by atoms with van der Waals surface area (Å²) >= 11 is 0. The van der Waals surface area contributed by atoms with Gasteiger partial charge in [-0.15, -0.1) is 0 Å². The molecule has 0 aliphatic heterocycles. The largest absolute Gasteiger partial charge is 0.480 e. The molecule has 2 saturated carbocycles. The van der Waals surface area contributed by atoms with E-state index < -0.39 is 11.5 Å². The van der Waals surface area contributed by atoms with E-state index in [4.69, 9.17) is 0 Å². The van der Waals surface area contributed by atoms with Gasteiger partial charge in [0.25, 0.3) is 0 Å². The monoisotopic (exact) mass is 268 g/mol. The zero-order valence-electron chi connectivity index (χ0n) is 11.7. The highest BCUT2D eigenvalue weighted by atomic mass is 16.4. The SMILES string of the molecule is CCC1CCC(NC(=O)NC2(C(=O)O)CCC2)C1C. The minimum absolute atomic E-state index is 0.177. The first-order valence-electron chi connectivity index (χ1n) is 7.30. The van der Waals surface area contributed by atoms with Crippen molar-refractivity contribution in [2.75, 3.05) is 0 Å². The van der Waals surface area contributed by atoms with E-state index in [1.54, 1.807) is 0 Å². The van der Waals surface area contributed by atoms with Gasteiger partial charge in [-0.25, -0.2) is 9.59 Å². The molecule has 19 heavy (non-hydrogen) atoms. The van der Waals surface area contributed by atoms with Crippen LogP contribution in [0.25, 0.3) is 0 Å². The van der Waals surface area contributed by atoms with Crippen LogP contribution in [0.15, 0.2) is 0 Å². The Morgan fingerprint density at radius 1 is 1.32 bits per heavy atom. The number of aliphatic carboxylic acids is 1. The maximum absolute atomic E-state index is 12.0. The average Bonchev–Trinajstić information content (AvgIpc) is 2.65. The van der Waals surface area contributed by atoms with E-state index in [-0.39, 0.29) is 12.1 Å². The Bertz CT molecular complexity index is 366. The number of hydrogen-bond donors (Lipinski definition) is 3. The Hall–Kier alpha value is -1.26. The molecule has 0 saturated heterocycles. The number of nitrogens with one attached hydrogen (secondary N) is 2. The highest BCUT2D eigenvalue weighted by Crippen LogP contribution is 2.34. The summed E-state index contributed by atoms with van der Waals surface area (Å²) < 4.78 is 0. The minimum atomic E-state index is -1.02. The predicted molar refractivity (Wildman–Crippen MR) is 71.9 cm³/mol. The molecular weight excluding hydrogens is 244 g/mol. The molecule has 108 valence electrons. The molecule has 2 aliphatic carbocycles. The molecule has 0 heterocycles. The summed E-state index contributed by atoms with van der Waals surface area (Å²) in [5, 5.41) is 14.8. The van der Waals surface area contributed by atoms with Gasteiger partial charge in [0, 0.05) is 6.04 Å². The minimum Gasteiger partial charge on any atom is -0.480 e. The van der Waals surface area contributed by atoms with E-state index in [1.165, 1.54) is 0 Å². The molecule has 2 aliphatic rings. The fourth-order valence-corrected chi connectivity index (χ4v) is 3.37. The summed E-state index contributed by atoms with van der Waals surface area (Å²) in [6, 6.07) is -0.147. The van der Waals surface area contributed by atoms with Crippen LogP contribution in [0.1, 0.15) is 52.4 Å². The van der Waals surface area contributed by atoms with Crippen molar-refractivity contribution in [3.8, 4) is 0 Å². The maximum Gasteiger partial charge on any atom is 0.329 e. The molecule has 5 heteroatoms. The van der Waals surface area contributed by atoms with Gasteiger partial charge in [-0.1, -0.05) is 20.3 Å². The van der Waals surface area contributed by atoms with Crippen LogP contribution in [0.3, 0.4) is 0 Å². The van der Waals surface area contributed by atoms with Gasteiger partial charge < -0.3 is 15.7 Å². The summed E-state index contributed by atoms with van der Waals surface area (Å²) in [7, 11) is 0. The van der Waals surface area contributed by atoms with E-state index >= 15 is 0 Å². The Morgan fingerprint density at radius 3 is 2.42 bits per heavy atom. The van der Waals surface area contributed by atoms with Crippen LogP contribution in [0.4, 0.5) is 4.79 Å². The molecule has 2 fully saturated rings. The molecular formula is C14H24N2O3. The van der Waals surface area contributed by atoms with Crippen molar-refractivity contribution in [2.45, 2.75) is 64.0 Å². The highest BCUT2D eigenvalue weighted by Gasteiger charge is 2.46. The van der Waals surface area contributed by atoms with Crippen LogP contribution >= 0.6 is 0 Å². The van der Waals surface area contributed by atoms with E-state index in [9.17, 15) is 14.7 Å². The van der Waals surface area contributed by atoms with Crippen molar-refractivity contribution in [1.82, 2.24) is 10.6 Å². The topological polar surface area (TPSA) is 78.4 Å². The van der Waals surface area contributed by atoms with Gasteiger partial charge in [0.2, 0.25) is 0 Å². The molecule has 3 atom stereocenters. The number of carbonyl (C=O) groups excluding carboxylic acids is 1. The van der Waals surface area contributed by atoms with E-state index in [0.29, 0.717) is 24.7 Å². The third-order valence-corrected chi connectivity index (χ3v) is 5.04. The standard InChI is InChI=1S/C14H24N2O3/c1-3-10-5-6-11(9(10)2)15-13(19)16-14(12(17)18)7-4-8-14/h9-11H,3-8H2,1-2H3,(H,17,18)(H2,15,16,19). The van der Waals surface area contributed by atoms with Crippen LogP contribution in [0, 0.1) is 11.8 Å². The van der Waals surface area contributed by atoms with E-state index in [1.807, 2.05) is 0 Å². The first kappa shape index (κ1) is 14.2. The van der Waals surface area contributed by atoms with Crippen LogP contribution in [-0.4, -0.2) is 28.7 Å². The summed E-state index contributed by atoms with van der Waals surface area (Å²) in [5.74, 6) is 0.222. The van der Waals surface area contributed by atoms with Gasteiger partial charge in [-0.2, -0.15) is 0 Å². The quantitative estimate of drug-likeness (QED) is 0.730. The van der Waals surface area contributed by atoms with Gasteiger partial charge in [-0.3, -0.25) is 0 Å². The number of hydrogen-bond acceptors (Lipinski definition) is 2. The smallest absolute Gasteiger partial charge is 0.329 e. The van der Waals surface area contributed by atoms with Crippen LogP contribution in [0.2, 0.25) is 0 Å². The van der Waals surface area contributed by atoms with Crippen LogP contribution in [-0.2, 0) is 4.79 Å². The lowest BCUT2D eigenvalue weighted by Gasteiger charge is -2.38. The Kier molecular flexibility index (Phi) is 4.02. The van der Waals surface area contributed by atoms with Crippen molar-refractivity contribution >= 4 is 12.0 Å². The third-order valence-electron chi connectivity index (χ3n) is 5.04.